The lowest BCUT2D eigenvalue weighted by molar-refractivity contribution is 0.0689. The van der Waals surface area contributed by atoms with Crippen molar-refractivity contribution in [3.63, 3.8) is 0 Å². The van der Waals surface area contributed by atoms with Crippen molar-refractivity contribution in [3.8, 4) is 0 Å². The van der Waals surface area contributed by atoms with Crippen LogP contribution in [0.15, 0.2) is 24.3 Å². The molecule has 1 saturated carbocycles. The number of hydrogen-bond donors (Lipinski definition) is 0. The van der Waals surface area contributed by atoms with Gasteiger partial charge in [-0.05, 0) is 102 Å². The highest BCUT2D eigenvalue weighted by Crippen LogP contribution is 2.30. The zero-order valence-electron chi connectivity index (χ0n) is 20.6. The minimum absolute atomic E-state index is 0.620. The Morgan fingerprint density at radius 2 is 0.900 bits per heavy atom. The molecule has 1 fully saturated rings. The van der Waals surface area contributed by atoms with Gasteiger partial charge >= 0.3 is 0 Å². The molecular weight excluding hydrogens is 364 g/mol. The standard InChI is InChI=1S/C28H42N2/c1-19-13-21(3)25(22(4)14-19)17-29(7)27-11-9-10-12-28(27)30(8)18-26-23(5)15-20(2)16-24(26)6/h13-16,27-28H,9-12,17-18H2,1-8H3/t27-,28-/m1/s1. The number of benzene rings is 2. The molecule has 3 rings (SSSR count). The molecule has 0 radical (unpaired) electrons. The highest BCUT2D eigenvalue weighted by molar-refractivity contribution is 5.38. The van der Waals surface area contributed by atoms with Gasteiger partial charge in [-0.3, -0.25) is 9.80 Å². The van der Waals surface area contributed by atoms with Gasteiger partial charge in [0.15, 0.2) is 0 Å². The first-order valence-corrected chi connectivity index (χ1v) is 11.7. The van der Waals surface area contributed by atoms with E-state index in [4.69, 9.17) is 0 Å². The second kappa shape index (κ2) is 9.66. The van der Waals surface area contributed by atoms with Crippen molar-refractivity contribution in [3.05, 3.63) is 68.8 Å². The lowest BCUT2D eigenvalue weighted by Crippen LogP contribution is -2.50. The van der Waals surface area contributed by atoms with Crippen LogP contribution in [0.2, 0.25) is 0 Å². The second-order valence-electron chi connectivity index (χ2n) is 10.0. The van der Waals surface area contributed by atoms with Crippen molar-refractivity contribution in [1.29, 1.82) is 0 Å². The van der Waals surface area contributed by atoms with Crippen molar-refractivity contribution < 1.29 is 0 Å². The van der Waals surface area contributed by atoms with Crippen LogP contribution in [0.1, 0.15) is 70.2 Å². The zero-order chi connectivity index (χ0) is 22.0. The van der Waals surface area contributed by atoms with Crippen LogP contribution in [0, 0.1) is 41.5 Å². The fourth-order valence-electron chi connectivity index (χ4n) is 5.77. The van der Waals surface area contributed by atoms with Crippen molar-refractivity contribution >= 4 is 0 Å². The average molecular weight is 407 g/mol. The minimum Gasteiger partial charge on any atom is -0.298 e. The summed E-state index contributed by atoms with van der Waals surface area (Å²) in [5.74, 6) is 0. The second-order valence-corrected chi connectivity index (χ2v) is 10.0. The molecular formula is C28H42N2. The summed E-state index contributed by atoms with van der Waals surface area (Å²) in [6.07, 6.45) is 5.32. The third-order valence-electron chi connectivity index (χ3n) is 7.32. The summed E-state index contributed by atoms with van der Waals surface area (Å²) >= 11 is 0. The summed E-state index contributed by atoms with van der Waals surface area (Å²) in [4.78, 5) is 5.28. The number of rotatable bonds is 6. The van der Waals surface area contributed by atoms with Crippen LogP contribution in [-0.2, 0) is 13.1 Å². The molecule has 0 N–H and O–H groups in total. The van der Waals surface area contributed by atoms with Gasteiger partial charge in [0.05, 0.1) is 0 Å². The molecule has 0 aliphatic heterocycles. The molecule has 1 aliphatic rings. The maximum absolute atomic E-state index is 2.64. The lowest BCUT2D eigenvalue weighted by atomic mass is 9.87. The third-order valence-corrected chi connectivity index (χ3v) is 7.32. The highest BCUT2D eigenvalue weighted by atomic mass is 15.2. The molecule has 0 spiro atoms. The summed E-state index contributed by atoms with van der Waals surface area (Å²) < 4.78 is 0. The normalized spacial score (nSPS) is 19.7. The SMILES string of the molecule is Cc1cc(C)c(CN(C)[C@@H]2CCCC[C@H]2N(C)Cc2c(C)cc(C)cc2C)c(C)c1. The van der Waals surface area contributed by atoms with E-state index in [-0.39, 0.29) is 0 Å². The fourth-order valence-corrected chi connectivity index (χ4v) is 5.77. The Labute approximate surface area is 185 Å². The Morgan fingerprint density at radius 3 is 1.20 bits per heavy atom. The first kappa shape index (κ1) is 23.0. The van der Waals surface area contributed by atoms with Crippen LogP contribution in [0.3, 0.4) is 0 Å². The number of hydrogen-bond acceptors (Lipinski definition) is 2. The molecule has 2 atom stereocenters. The van der Waals surface area contributed by atoms with E-state index in [1.54, 1.807) is 0 Å². The fraction of sp³-hybridized carbons (Fsp3) is 0.571. The molecule has 0 heterocycles. The minimum atomic E-state index is 0.620. The molecule has 0 aromatic heterocycles. The third kappa shape index (κ3) is 5.15. The van der Waals surface area contributed by atoms with Crippen LogP contribution in [0.25, 0.3) is 0 Å². The van der Waals surface area contributed by atoms with Crippen molar-refractivity contribution in [2.75, 3.05) is 14.1 Å². The smallest absolute Gasteiger partial charge is 0.0252 e. The Balaban J connectivity index is 1.77. The predicted octanol–water partition coefficient (Wildman–Crippen LogP) is 6.41. The molecule has 2 nitrogen and oxygen atoms in total. The van der Waals surface area contributed by atoms with Crippen LogP contribution >= 0.6 is 0 Å². The molecule has 30 heavy (non-hydrogen) atoms. The summed E-state index contributed by atoms with van der Waals surface area (Å²) in [5.41, 5.74) is 11.5. The van der Waals surface area contributed by atoms with Gasteiger partial charge in [-0.15, -0.1) is 0 Å². The number of aryl methyl sites for hydroxylation is 6. The molecule has 0 saturated heterocycles. The van der Waals surface area contributed by atoms with E-state index < -0.39 is 0 Å². The Kier molecular flexibility index (Phi) is 7.42. The first-order valence-electron chi connectivity index (χ1n) is 11.7. The average Bonchev–Trinajstić information content (AvgIpc) is 2.67. The monoisotopic (exact) mass is 406 g/mol. The quantitative estimate of drug-likeness (QED) is 0.547. The van der Waals surface area contributed by atoms with E-state index in [1.807, 2.05) is 0 Å². The molecule has 2 heteroatoms. The van der Waals surface area contributed by atoms with Gasteiger partial charge in [-0.25, -0.2) is 0 Å². The number of nitrogens with zero attached hydrogens (tertiary/aromatic N) is 2. The maximum Gasteiger partial charge on any atom is 0.0252 e. The van der Waals surface area contributed by atoms with Crippen LogP contribution < -0.4 is 0 Å². The van der Waals surface area contributed by atoms with Crippen LogP contribution in [0.4, 0.5) is 0 Å². The van der Waals surface area contributed by atoms with Gasteiger partial charge in [0.2, 0.25) is 0 Å². The van der Waals surface area contributed by atoms with E-state index in [2.05, 4.69) is 89.7 Å². The Morgan fingerprint density at radius 1 is 0.600 bits per heavy atom. The molecule has 2 aromatic rings. The van der Waals surface area contributed by atoms with Gasteiger partial charge < -0.3 is 0 Å². The summed E-state index contributed by atoms with van der Waals surface area (Å²) in [6, 6.07) is 10.6. The molecule has 0 amide bonds. The van der Waals surface area contributed by atoms with Gasteiger partial charge in [-0.2, -0.15) is 0 Å². The molecule has 164 valence electrons. The van der Waals surface area contributed by atoms with E-state index in [1.165, 1.54) is 70.2 Å². The van der Waals surface area contributed by atoms with E-state index in [9.17, 15) is 0 Å². The van der Waals surface area contributed by atoms with Gasteiger partial charge in [0.25, 0.3) is 0 Å². The van der Waals surface area contributed by atoms with Crippen LogP contribution in [0.5, 0.6) is 0 Å². The number of likely N-dealkylation sites (N-methyl/N-ethyl adjacent to an activating group) is 2. The van der Waals surface area contributed by atoms with Crippen molar-refractivity contribution in [1.82, 2.24) is 9.80 Å². The zero-order valence-corrected chi connectivity index (χ0v) is 20.6. The molecule has 2 aromatic carbocycles. The van der Waals surface area contributed by atoms with Gasteiger partial charge in [-0.1, -0.05) is 48.2 Å². The van der Waals surface area contributed by atoms with Gasteiger partial charge in [0, 0.05) is 25.2 Å². The summed E-state index contributed by atoms with van der Waals surface area (Å²) in [5, 5.41) is 0. The van der Waals surface area contributed by atoms with E-state index >= 15 is 0 Å². The molecule has 1 aliphatic carbocycles. The van der Waals surface area contributed by atoms with Crippen LogP contribution in [-0.4, -0.2) is 36.0 Å². The van der Waals surface area contributed by atoms with E-state index in [0.717, 1.165) is 13.1 Å². The Bertz CT molecular complexity index is 763. The Hall–Kier alpha value is -1.64. The predicted molar refractivity (Wildman–Crippen MR) is 130 cm³/mol. The summed E-state index contributed by atoms with van der Waals surface area (Å²) in [6.45, 7) is 15.6. The van der Waals surface area contributed by atoms with E-state index in [0.29, 0.717) is 12.1 Å². The van der Waals surface area contributed by atoms with Crippen molar-refractivity contribution in [2.24, 2.45) is 0 Å². The lowest BCUT2D eigenvalue weighted by Gasteiger charge is -2.43. The topological polar surface area (TPSA) is 6.48 Å². The first-order chi connectivity index (χ1) is 14.2. The maximum atomic E-state index is 2.64. The van der Waals surface area contributed by atoms with Gasteiger partial charge in [0.1, 0.15) is 0 Å². The van der Waals surface area contributed by atoms with Crippen molar-refractivity contribution in [2.45, 2.75) is 92.4 Å². The molecule has 0 unspecified atom stereocenters. The summed E-state index contributed by atoms with van der Waals surface area (Å²) in [7, 11) is 4.69. The molecule has 0 bridgehead atoms. The highest BCUT2D eigenvalue weighted by Gasteiger charge is 2.31. The largest absolute Gasteiger partial charge is 0.298 e.